The first-order valence-corrected chi connectivity index (χ1v) is 8.55. The van der Waals surface area contributed by atoms with Crippen LogP contribution in [0, 0.1) is 0 Å². The molecule has 1 atom stereocenters. The molecule has 0 amide bonds. The Balaban J connectivity index is 0.000000880. The van der Waals surface area contributed by atoms with Crippen LogP contribution in [0.3, 0.4) is 0 Å². The lowest BCUT2D eigenvalue weighted by molar-refractivity contribution is 0.00699. The summed E-state index contributed by atoms with van der Waals surface area (Å²) in [6, 6.07) is 7.81. The Labute approximate surface area is 149 Å². The summed E-state index contributed by atoms with van der Waals surface area (Å²) in [4.78, 5) is 12.6. The van der Waals surface area contributed by atoms with Crippen molar-refractivity contribution in [2.45, 2.75) is 45.8 Å². The third-order valence-corrected chi connectivity index (χ3v) is 4.09. The van der Waals surface area contributed by atoms with Gasteiger partial charge in [-0.2, -0.15) is 0 Å². The van der Waals surface area contributed by atoms with E-state index in [0.717, 1.165) is 16.5 Å². The van der Waals surface area contributed by atoms with E-state index in [9.17, 15) is 4.79 Å². The Morgan fingerprint density at radius 2 is 1.68 bits per heavy atom. The molecule has 2 radical (unpaired) electrons. The summed E-state index contributed by atoms with van der Waals surface area (Å²) in [5, 5.41) is 5.15. The molecule has 0 spiro atoms. The highest BCUT2D eigenvalue weighted by atomic mass is 16.6. The summed E-state index contributed by atoms with van der Waals surface area (Å²) in [6.07, 6.45) is 3.59. The maximum absolute atomic E-state index is 12.6. The number of rotatable bonds is 0. The van der Waals surface area contributed by atoms with E-state index < -0.39 is 11.2 Å². The van der Waals surface area contributed by atoms with Gasteiger partial charge in [-0.1, -0.05) is 50.3 Å². The normalized spacial score (nSPS) is 22.5. The summed E-state index contributed by atoms with van der Waals surface area (Å²) in [7, 11) is 6.10. The maximum atomic E-state index is 12.6. The van der Waals surface area contributed by atoms with Crippen molar-refractivity contribution in [3.8, 4) is 5.75 Å². The standard InChI is InChI=1S/C18H16BNO3.C2H6/c1-17(2)20-14-10-6-4-5-7-11(10)15-12(13(14)16(21)23-17)8-9-18(3,19)22-15;1-2/h4-9,20H,1-3H3;1-2H3. The van der Waals surface area contributed by atoms with Gasteiger partial charge >= 0.3 is 5.97 Å². The lowest BCUT2D eigenvalue weighted by atomic mass is 9.80. The highest BCUT2D eigenvalue weighted by Gasteiger charge is 2.37. The third kappa shape index (κ3) is 2.88. The number of cyclic esters (lactones) is 1. The molecule has 2 aliphatic heterocycles. The number of benzene rings is 2. The maximum Gasteiger partial charge on any atom is 0.343 e. The number of esters is 1. The predicted molar refractivity (Wildman–Crippen MR) is 102 cm³/mol. The summed E-state index contributed by atoms with van der Waals surface area (Å²) in [6.45, 7) is 9.43. The second-order valence-electron chi connectivity index (χ2n) is 6.68. The van der Waals surface area contributed by atoms with Crippen LogP contribution in [0.15, 0.2) is 30.3 Å². The van der Waals surface area contributed by atoms with Gasteiger partial charge in [-0.3, -0.25) is 0 Å². The van der Waals surface area contributed by atoms with E-state index in [1.165, 1.54) is 0 Å². The number of carbonyl (C=O) groups excluding carboxylic acids is 1. The average molecular weight is 335 g/mol. The highest BCUT2D eigenvalue weighted by Crippen LogP contribution is 2.46. The van der Waals surface area contributed by atoms with Crippen molar-refractivity contribution < 1.29 is 14.3 Å². The van der Waals surface area contributed by atoms with Crippen molar-refractivity contribution in [3.05, 3.63) is 41.5 Å². The molecule has 25 heavy (non-hydrogen) atoms. The molecule has 4 nitrogen and oxygen atoms in total. The topological polar surface area (TPSA) is 47.6 Å². The summed E-state index contributed by atoms with van der Waals surface area (Å²) < 4.78 is 11.5. The molecule has 2 aromatic carbocycles. The molecule has 1 unspecified atom stereocenters. The van der Waals surface area contributed by atoms with E-state index in [2.05, 4.69) is 5.32 Å². The average Bonchev–Trinajstić information content (AvgIpc) is 2.55. The molecule has 0 bridgehead atoms. The van der Waals surface area contributed by atoms with Crippen LogP contribution in [-0.2, 0) is 4.74 Å². The van der Waals surface area contributed by atoms with Gasteiger partial charge in [0.05, 0.1) is 16.8 Å². The fourth-order valence-electron chi connectivity index (χ4n) is 3.15. The number of nitrogens with one attached hydrogen (secondary N) is 1. The zero-order valence-corrected chi connectivity index (χ0v) is 15.3. The molecular formula is C20H22BNO3. The Kier molecular flexibility index (Phi) is 4.06. The molecule has 128 valence electrons. The van der Waals surface area contributed by atoms with Crippen LogP contribution in [0.25, 0.3) is 16.8 Å². The zero-order valence-electron chi connectivity index (χ0n) is 15.3. The summed E-state index contributed by atoms with van der Waals surface area (Å²) in [5.74, 6) is 0.255. The number of carbonyl (C=O) groups is 1. The molecular weight excluding hydrogens is 313 g/mol. The van der Waals surface area contributed by atoms with Gasteiger partial charge in [-0.25, -0.2) is 4.79 Å². The first kappa shape index (κ1) is 17.4. The molecule has 0 saturated carbocycles. The van der Waals surface area contributed by atoms with Crippen molar-refractivity contribution in [1.29, 1.82) is 0 Å². The molecule has 0 aromatic heterocycles. The van der Waals surface area contributed by atoms with Crippen LogP contribution in [0.5, 0.6) is 5.75 Å². The fourth-order valence-corrected chi connectivity index (χ4v) is 3.15. The van der Waals surface area contributed by atoms with Crippen LogP contribution in [0.4, 0.5) is 5.69 Å². The number of fused-ring (bicyclic) bond motifs is 6. The monoisotopic (exact) mass is 335 g/mol. The van der Waals surface area contributed by atoms with E-state index in [1.807, 2.05) is 58.0 Å². The third-order valence-electron chi connectivity index (χ3n) is 4.09. The predicted octanol–water partition coefficient (Wildman–Crippen LogP) is 4.47. The van der Waals surface area contributed by atoms with Gasteiger partial charge in [-0.15, -0.1) is 0 Å². The highest BCUT2D eigenvalue weighted by molar-refractivity contribution is 6.18. The van der Waals surface area contributed by atoms with E-state index in [4.69, 9.17) is 17.3 Å². The fraction of sp³-hybridized carbons (Fsp3) is 0.350. The minimum atomic E-state index is -0.907. The van der Waals surface area contributed by atoms with E-state index in [1.54, 1.807) is 13.0 Å². The molecule has 2 heterocycles. The Morgan fingerprint density at radius 1 is 1.04 bits per heavy atom. The number of ether oxygens (including phenoxy) is 2. The Morgan fingerprint density at radius 3 is 2.36 bits per heavy atom. The van der Waals surface area contributed by atoms with Crippen molar-refractivity contribution in [2.24, 2.45) is 0 Å². The van der Waals surface area contributed by atoms with E-state index in [0.29, 0.717) is 16.9 Å². The molecule has 0 aliphatic carbocycles. The van der Waals surface area contributed by atoms with Gasteiger partial charge < -0.3 is 14.8 Å². The van der Waals surface area contributed by atoms with Crippen molar-refractivity contribution in [3.63, 3.8) is 0 Å². The molecule has 1 N–H and O–H groups in total. The van der Waals surface area contributed by atoms with Gasteiger partial charge in [0.25, 0.3) is 0 Å². The summed E-state index contributed by atoms with van der Waals surface area (Å²) in [5.41, 5.74) is 0.298. The van der Waals surface area contributed by atoms with E-state index >= 15 is 0 Å². The smallest absolute Gasteiger partial charge is 0.343 e. The van der Waals surface area contributed by atoms with Crippen LogP contribution in [0.2, 0.25) is 0 Å². The first-order chi connectivity index (χ1) is 11.8. The molecule has 0 fully saturated rings. The van der Waals surface area contributed by atoms with E-state index in [-0.39, 0.29) is 5.97 Å². The quantitative estimate of drug-likeness (QED) is 0.570. The van der Waals surface area contributed by atoms with Crippen LogP contribution in [0.1, 0.15) is 50.5 Å². The SMILES string of the molecule is CC.[B]C1(C)C=Cc2c3c(c4ccccc4c2O1)NC(C)(C)OC3=O. The Hall–Kier alpha value is -2.43. The molecule has 4 rings (SSSR count). The largest absolute Gasteiger partial charge is 0.492 e. The van der Waals surface area contributed by atoms with Crippen LogP contribution in [-0.4, -0.2) is 25.0 Å². The van der Waals surface area contributed by atoms with Gasteiger partial charge in [0.15, 0.2) is 5.72 Å². The second-order valence-corrected chi connectivity index (χ2v) is 6.68. The number of hydrogen-bond acceptors (Lipinski definition) is 4. The minimum absolute atomic E-state index is 0.361. The van der Waals surface area contributed by atoms with Gasteiger partial charge in [0, 0.05) is 16.3 Å². The van der Waals surface area contributed by atoms with Crippen LogP contribution >= 0.6 is 0 Å². The number of hydrogen-bond donors (Lipinski definition) is 1. The lowest BCUT2D eigenvalue weighted by Crippen LogP contribution is -2.42. The summed E-state index contributed by atoms with van der Waals surface area (Å²) >= 11 is 0. The molecule has 0 saturated heterocycles. The molecule has 2 aliphatic rings. The van der Waals surface area contributed by atoms with Gasteiger partial charge in [-0.05, 0) is 20.8 Å². The second kappa shape index (κ2) is 5.83. The lowest BCUT2D eigenvalue weighted by Gasteiger charge is -2.37. The van der Waals surface area contributed by atoms with Crippen molar-refractivity contribution in [1.82, 2.24) is 0 Å². The van der Waals surface area contributed by atoms with Crippen molar-refractivity contribution in [2.75, 3.05) is 5.32 Å². The molecule has 2 aromatic rings. The zero-order chi connectivity index (χ0) is 18.4. The number of anilines is 1. The van der Waals surface area contributed by atoms with Gasteiger partial charge in [0.1, 0.15) is 13.6 Å². The molecule has 5 heteroatoms. The van der Waals surface area contributed by atoms with Crippen LogP contribution < -0.4 is 10.1 Å². The Bertz CT molecular complexity index is 884. The van der Waals surface area contributed by atoms with Crippen molar-refractivity contribution >= 4 is 36.4 Å². The first-order valence-electron chi connectivity index (χ1n) is 8.55. The minimum Gasteiger partial charge on any atom is -0.492 e. The van der Waals surface area contributed by atoms with Gasteiger partial charge in [0.2, 0.25) is 0 Å².